The third kappa shape index (κ3) is 2.81. The highest BCUT2D eigenvalue weighted by Gasteiger charge is 2.57. The van der Waals surface area contributed by atoms with Crippen molar-refractivity contribution in [3.63, 3.8) is 0 Å². The van der Waals surface area contributed by atoms with Gasteiger partial charge in [-0.3, -0.25) is 4.79 Å². The van der Waals surface area contributed by atoms with Crippen LogP contribution in [0.15, 0.2) is 41.7 Å². The van der Waals surface area contributed by atoms with Crippen molar-refractivity contribution in [2.24, 2.45) is 0 Å². The molecular weight excluding hydrogens is 368 g/mol. The van der Waals surface area contributed by atoms with Gasteiger partial charge in [0.2, 0.25) is 5.91 Å². The normalized spacial score (nSPS) is 24.5. The van der Waals surface area contributed by atoms with Crippen molar-refractivity contribution in [2.75, 3.05) is 17.7 Å². The fourth-order valence-electron chi connectivity index (χ4n) is 5.27. The molecule has 2 aromatic rings. The molecule has 1 atom stereocenters. The van der Waals surface area contributed by atoms with Gasteiger partial charge in [-0.05, 0) is 31.1 Å². The van der Waals surface area contributed by atoms with E-state index >= 15 is 0 Å². The van der Waals surface area contributed by atoms with Gasteiger partial charge in [0.1, 0.15) is 11.4 Å². The molecule has 2 aliphatic heterocycles. The highest BCUT2D eigenvalue weighted by atomic mass is 32.2. The van der Waals surface area contributed by atoms with E-state index in [1.165, 1.54) is 18.4 Å². The number of thioether (sulfide) groups is 1. The number of likely N-dealkylation sites (tertiary alicyclic amines) is 1. The third-order valence-corrected chi connectivity index (χ3v) is 7.12. The average Bonchev–Trinajstić information content (AvgIpc) is 3.43. The van der Waals surface area contributed by atoms with Crippen molar-refractivity contribution in [1.29, 1.82) is 0 Å². The van der Waals surface area contributed by atoms with Gasteiger partial charge in [-0.25, -0.2) is 9.97 Å². The van der Waals surface area contributed by atoms with E-state index in [0.717, 1.165) is 48.8 Å². The third-order valence-electron chi connectivity index (χ3n) is 6.56. The number of amides is 1. The number of hydrogen-bond donors (Lipinski definition) is 0. The van der Waals surface area contributed by atoms with E-state index in [9.17, 15) is 4.79 Å². The Hall–Kier alpha value is -2.08. The fraction of sp³-hybridized carbons (Fsp3) is 0.500. The molecule has 1 unspecified atom stereocenters. The molecule has 146 valence electrons. The monoisotopic (exact) mass is 394 g/mol. The maximum Gasteiger partial charge on any atom is 0.249 e. The first-order valence-electron chi connectivity index (χ1n) is 10.2. The molecule has 28 heavy (non-hydrogen) atoms. The largest absolute Gasteiger partial charge is 0.338 e. The summed E-state index contributed by atoms with van der Waals surface area (Å²) in [4.78, 5) is 27.6. The van der Waals surface area contributed by atoms with Crippen LogP contribution in [0.25, 0.3) is 0 Å². The summed E-state index contributed by atoms with van der Waals surface area (Å²) in [5.41, 5.74) is 1.87. The van der Waals surface area contributed by atoms with E-state index in [4.69, 9.17) is 4.98 Å². The van der Waals surface area contributed by atoms with Gasteiger partial charge in [0, 0.05) is 37.3 Å². The second kappa shape index (κ2) is 7.07. The number of rotatable bonds is 4. The van der Waals surface area contributed by atoms with E-state index in [1.807, 2.05) is 35.6 Å². The first-order chi connectivity index (χ1) is 13.7. The van der Waals surface area contributed by atoms with Crippen LogP contribution in [0, 0.1) is 0 Å². The van der Waals surface area contributed by atoms with Crippen LogP contribution in [0.4, 0.5) is 5.82 Å². The van der Waals surface area contributed by atoms with Crippen LogP contribution in [0.5, 0.6) is 0 Å². The maximum atomic E-state index is 13.8. The quantitative estimate of drug-likeness (QED) is 0.585. The van der Waals surface area contributed by atoms with Crippen molar-refractivity contribution in [3.8, 4) is 0 Å². The first kappa shape index (κ1) is 18.0. The zero-order valence-corrected chi connectivity index (χ0v) is 17.1. The zero-order chi connectivity index (χ0) is 19.1. The Balaban J connectivity index is 1.50. The van der Waals surface area contributed by atoms with Gasteiger partial charge in [0.05, 0.1) is 0 Å². The summed E-state index contributed by atoms with van der Waals surface area (Å²) >= 11 is 1.57. The van der Waals surface area contributed by atoms with Crippen LogP contribution in [-0.2, 0) is 17.8 Å². The van der Waals surface area contributed by atoms with Gasteiger partial charge in [0.25, 0.3) is 0 Å². The number of aromatic nitrogens is 2. The second-order valence-corrected chi connectivity index (χ2v) is 8.96. The summed E-state index contributed by atoms with van der Waals surface area (Å²) < 4.78 is 0. The van der Waals surface area contributed by atoms with Crippen LogP contribution in [0.3, 0.4) is 0 Å². The lowest BCUT2D eigenvalue weighted by Gasteiger charge is -2.39. The van der Waals surface area contributed by atoms with Crippen molar-refractivity contribution in [3.05, 3.63) is 47.7 Å². The number of nitrogens with zero attached hydrogens (tertiary/aromatic N) is 4. The van der Waals surface area contributed by atoms with Gasteiger partial charge in [0.15, 0.2) is 5.16 Å². The summed E-state index contributed by atoms with van der Waals surface area (Å²) in [6, 6.07) is 10.7. The lowest BCUT2D eigenvalue weighted by Crippen LogP contribution is -2.56. The number of benzene rings is 1. The molecule has 1 saturated heterocycles. The molecule has 1 aromatic heterocycles. The summed E-state index contributed by atoms with van der Waals surface area (Å²) in [5.74, 6) is 1.29. The lowest BCUT2D eigenvalue weighted by molar-refractivity contribution is -0.132. The van der Waals surface area contributed by atoms with E-state index in [2.05, 4.69) is 22.0 Å². The number of carbonyl (C=O) groups excluding carboxylic acids is 1. The molecule has 5 rings (SSSR count). The van der Waals surface area contributed by atoms with Crippen LogP contribution in [0.2, 0.25) is 0 Å². The van der Waals surface area contributed by atoms with Crippen molar-refractivity contribution >= 4 is 23.5 Å². The first-order valence-corrected chi connectivity index (χ1v) is 11.5. The number of hydrogen-bond acceptors (Lipinski definition) is 5. The van der Waals surface area contributed by atoms with Crippen LogP contribution in [-0.4, -0.2) is 45.2 Å². The Morgan fingerprint density at radius 2 is 2.00 bits per heavy atom. The predicted octanol–water partition coefficient (Wildman–Crippen LogP) is 3.67. The molecule has 5 nitrogen and oxygen atoms in total. The molecule has 0 N–H and O–H groups in total. The summed E-state index contributed by atoms with van der Waals surface area (Å²) in [5, 5.41) is 0.797. The van der Waals surface area contributed by atoms with Crippen LogP contribution in [0.1, 0.15) is 43.2 Å². The van der Waals surface area contributed by atoms with E-state index < -0.39 is 5.54 Å². The topological polar surface area (TPSA) is 49.3 Å². The van der Waals surface area contributed by atoms with Gasteiger partial charge in [-0.1, -0.05) is 54.9 Å². The Bertz CT molecular complexity index is 883. The van der Waals surface area contributed by atoms with Crippen molar-refractivity contribution in [1.82, 2.24) is 14.9 Å². The van der Waals surface area contributed by atoms with Gasteiger partial charge < -0.3 is 9.80 Å². The lowest BCUT2D eigenvalue weighted by atomic mass is 9.91. The fourth-order valence-corrected chi connectivity index (χ4v) is 5.60. The highest BCUT2D eigenvalue weighted by molar-refractivity contribution is 7.98. The molecular formula is C22H26N4OS. The molecule has 0 bridgehead atoms. The molecule has 1 spiro atoms. The standard InChI is InChI=1S/C22H26N4OS/c1-28-21-23-14-17-13-22(26(19(17)24-21)18-9-5-6-10-18)11-12-25(20(22)27)15-16-7-3-2-4-8-16/h2-4,7-8,14,18H,5-6,9-13,15H2,1H3. The minimum Gasteiger partial charge on any atom is -0.338 e. The van der Waals surface area contributed by atoms with Crippen LogP contribution >= 0.6 is 11.8 Å². The minimum atomic E-state index is -0.460. The van der Waals surface area contributed by atoms with Crippen molar-refractivity contribution in [2.45, 2.75) is 61.8 Å². The molecule has 1 aromatic carbocycles. The van der Waals surface area contributed by atoms with E-state index in [-0.39, 0.29) is 5.91 Å². The van der Waals surface area contributed by atoms with Gasteiger partial charge >= 0.3 is 0 Å². The predicted molar refractivity (Wildman–Crippen MR) is 111 cm³/mol. The van der Waals surface area contributed by atoms with Crippen molar-refractivity contribution < 1.29 is 4.79 Å². The number of anilines is 1. The smallest absolute Gasteiger partial charge is 0.249 e. The molecule has 6 heteroatoms. The Morgan fingerprint density at radius 3 is 2.75 bits per heavy atom. The summed E-state index contributed by atoms with van der Waals surface area (Å²) in [6.07, 6.45) is 10.4. The maximum absolute atomic E-state index is 13.8. The Kier molecular flexibility index (Phi) is 4.54. The van der Waals surface area contributed by atoms with Crippen LogP contribution < -0.4 is 4.90 Å². The molecule has 2 fully saturated rings. The average molecular weight is 395 g/mol. The molecule has 3 heterocycles. The van der Waals surface area contributed by atoms with E-state index in [1.54, 1.807) is 11.8 Å². The second-order valence-electron chi connectivity index (χ2n) is 8.18. The summed E-state index contributed by atoms with van der Waals surface area (Å²) in [7, 11) is 0. The number of fused-ring (bicyclic) bond motifs is 1. The Morgan fingerprint density at radius 1 is 1.21 bits per heavy atom. The molecule has 1 amide bonds. The van der Waals surface area contributed by atoms with E-state index in [0.29, 0.717) is 12.6 Å². The zero-order valence-electron chi connectivity index (χ0n) is 16.3. The molecule has 3 aliphatic rings. The SMILES string of the molecule is CSc1ncc2c(n1)N(C1CCCC1)C1(CCN(Cc3ccccc3)C1=O)C2. The number of carbonyl (C=O) groups is 1. The Labute approximate surface area is 170 Å². The van der Waals surface area contributed by atoms with Gasteiger partial charge in [-0.2, -0.15) is 0 Å². The minimum absolute atomic E-state index is 0.270. The van der Waals surface area contributed by atoms with Gasteiger partial charge in [-0.15, -0.1) is 0 Å². The summed E-state index contributed by atoms with van der Waals surface area (Å²) in [6.45, 7) is 1.51. The highest BCUT2D eigenvalue weighted by Crippen LogP contribution is 2.47. The molecule has 0 radical (unpaired) electrons. The molecule has 1 aliphatic carbocycles. The molecule has 1 saturated carbocycles.